The number of nitrogens with one attached hydrogen (secondary N) is 1. The number of rotatable bonds is 48. The number of likely N-dealkylation sites (N-methyl/N-ethyl adjacent to an activating group) is 1. The first-order chi connectivity index (χ1) is 29.0. The van der Waals surface area contributed by atoms with Gasteiger partial charge in [0, 0.05) is 6.42 Å². The van der Waals surface area contributed by atoms with E-state index in [-0.39, 0.29) is 19.1 Å². The zero-order valence-corrected chi connectivity index (χ0v) is 41.6. The Morgan fingerprint density at radius 3 is 1.25 bits per heavy atom. The summed E-state index contributed by atoms with van der Waals surface area (Å²) in [7, 11) is 1.27. The molecule has 0 spiro atoms. The highest BCUT2D eigenvalue weighted by molar-refractivity contribution is 7.45. The Labute approximate surface area is 373 Å². The van der Waals surface area contributed by atoms with E-state index < -0.39 is 20.0 Å². The van der Waals surface area contributed by atoms with Crippen molar-refractivity contribution in [3.05, 3.63) is 12.2 Å². The van der Waals surface area contributed by atoms with Crippen LogP contribution in [0.2, 0.25) is 0 Å². The number of carbonyl (C=O) groups is 1. The smallest absolute Gasteiger partial charge is 0.268 e. The Balaban J connectivity index is 4.14. The normalized spacial score (nSPS) is 14.2. The van der Waals surface area contributed by atoms with Crippen molar-refractivity contribution in [1.82, 2.24) is 5.32 Å². The maximum absolute atomic E-state index is 12.9. The molecule has 0 rings (SSSR count). The van der Waals surface area contributed by atoms with Gasteiger partial charge in [0.25, 0.3) is 7.82 Å². The molecular formula is C51H103N2O6P. The summed E-state index contributed by atoms with van der Waals surface area (Å²) in [5, 5.41) is 13.8. The third-order valence-corrected chi connectivity index (χ3v) is 13.0. The minimum Gasteiger partial charge on any atom is -0.756 e. The Morgan fingerprint density at radius 2 is 0.900 bits per heavy atom. The molecule has 0 aliphatic carbocycles. The van der Waals surface area contributed by atoms with Crippen LogP contribution in [0.15, 0.2) is 12.2 Å². The molecule has 1 amide bonds. The summed E-state index contributed by atoms with van der Waals surface area (Å²) < 4.78 is 23.3. The first-order valence-corrected chi connectivity index (χ1v) is 27.5. The van der Waals surface area contributed by atoms with Crippen LogP contribution in [0.5, 0.6) is 0 Å². The maximum atomic E-state index is 12.9. The first-order valence-electron chi connectivity index (χ1n) is 26.1. The molecule has 9 heteroatoms. The summed E-state index contributed by atoms with van der Waals surface area (Å²) in [6.45, 7) is 4.67. The molecule has 358 valence electrons. The number of amides is 1. The quantitative estimate of drug-likeness (QED) is 0.0273. The SMILES string of the molecule is CCCCCCCCCCCCC/C=C/C(O)C(COP(=O)([O-])OCC[N+](C)(C)C)NC(=O)CCCCCCCCCCCCCCCCCCCCCCCCCCC. The number of unbranched alkanes of at least 4 members (excludes halogenated alkanes) is 35. The van der Waals surface area contributed by atoms with Crippen LogP contribution in [-0.4, -0.2) is 68.5 Å². The summed E-state index contributed by atoms with van der Waals surface area (Å²) in [6.07, 6.45) is 51.3. The monoisotopic (exact) mass is 871 g/mol. The summed E-state index contributed by atoms with van der Waals surface area (Å²) in [5.41, 5.74) is 0. The van der Waals surface area contributed by atoms with Gasteiger partial charge in [-0.15, -0.1) is 0 Å². The van der Waals surface area contributed by atoms with Crippen LogP contribution in [0.1, 0.15) is 258 Å². The Hall–Kier alpha value is -0.760. The molecule has 0 radical (unpaired) electrons. The van der Waals surface area contributed by atoms with E-state index in [0.29, 0.717) is 17.4 Å². The molecule has 8 nitrogen and oxygen atoms in total. The number of phosphoric acid groups is 1. The van der Waals surface area contributed by atoms with E-state index in [0.717, 1.165) is 38.5 Å². The van der Waals surface area contributed by atoms with Gasteiger partial charge < -0.3 is 28.8 Å². The Morgan fingerprint density at radius 1 is 0.567 bits per heavy atom. The first kappa shape index (κ1) is 59.2. The van der Waals surface area contributed by atoms with E-state index in [4.69, 9.17) is 9.05 Å². The minimum atomic E-state index is -4.58. The Kier molecular flexibility index (Phi) is 42.9. The molecule has 3 atom stereocenters. The van der Waals surface area contributed by atoms with E-state index in [2.05, 4.69) is 19.2 Å². The number of allylic oxidation sites excluding steroid dienone is 1. The lowest BCUT2D eigenvalue weighted by Crippen LogP contribution is -2.45. The van der Waals surface area contributed by atoms with Crippen LogP contribution in [0.4, 0.5) is 0 Å². The van der Waals surface area contributed by atoms with Crippen molar-refractivity contribution in [3.8, 4) is 0 Å². The van der Waals surface area contributed by atoms with E-state index in [1.54, 1.807) is 6.08 Å². The molecule has 0 aromatic rings. The Bertz CT molecular complexity index is 989. The van der Waals surface area contributed by atoms with Gasteiger partial charge in [0.2, 0.25) is 5.91 Å². The van der Waals surface area contributed by atoms with Crippen molar-refractivity contribution in [3.63, 3.8) is 0 Å². The molecule has 0 aromatic carbocycles. The van der Waals surface area contributed by atoms with Crippen molar-refractivity contribution < 1.29 is 32.9 Å². The van der Waals surface area contributed by atoms with Gasteiger partial charge in [-0.05, 0) is 19.3 Å². The second kappa shape index (κ2) is 43.5. The largest absolute Gasteiger partial charge is 0.756 e. The van der Waals surface area contributed by atoms with Crippen molar-refractivity contribution in [2.45, 2.75) is 270 Å². The topological polar surface area (TPSA) is 108 Å². The summed E-state index contributed by atoms with van der Waals surface area (Å²) >= 11 is 0. The van der Waals surface area contributed by atoms with Gasteiger partial charge in [-0.25, -0.2) is 0 Å². The number of carbonyl (C=O) groups excluding carboxylic acids is 1. The van der Waals surface area contributed by atoms with Crippen LogP contribution in [0, 0.1) is 0 Å². The van der Waals surface area contributed by atoms with Crippen molar-refractivity contribution in [1.29, 1.82) is 0 Å². The summed E-state index contributed by atoms with van der Waals surface area (Å²) in [6, 6.07) is -0.880. The molecule has 0 bridgehead atoms. The molecule has 60 heavy (non-hydrogen) atoms. The molecule has 0 saturated carbocycles. The highest BCUT2D eigenvalue weighted by Gasteiger charge is 2.23. The lowest BCUT2D eigenvalue weighted by atomic mass is 10.0. The zero-order valence-electron chi connectivity index (χ0n) is 40.7. The van der Waals surface area contributed by atoms with Gasteiger partial charge >= 0.3 is 0 Å². The van der Waals surface area contributed by atoms with Crippen LogP contribution in [0.3, 0.4) is 0 Å². The van der Waals surface area contributed by atoms with E-state index in [1.807, 2.05) is 27.2 Å². The third-order valence-electron chi connectivity index (χ3n) is 12.0. The van der Waals surface area contributed by atoms with Crippen molar-refractivity contribution in [2.24, 2.45) is 0 Å². The molecule has 0 saturated heterocycles. The number of hydrogen-bond acceptors (Lipinski definition) is 6. The van der Waals surface area contributed by atoms with Gasteiger partial charge in [0.1, 0.15) is 13.2 Å². The van der Waals surface area contributed by atoms with E-state index in [9.17, 15) is 19.4 Å². The van der Waals surface area contributed by atoms with Crippen LogP contribution >= 0.6 is 7.82 Å². The fourth-order valence-electron chi connectivity index (χ4n) is 7.86. The predicted octanol–water partition coefficient (Wildman–Crippen LogP) is 14.5. The standard InChI is InChI=1S/C51H103N2O6P/c1-6-8-10-12-14-16-18-20-21-22-23-24-25-26-27-28-29-30-31-33-35-37-39-41-43-45-51(55)52-49(48-59-60(56,57)58-47-46-53(3,4)5)50(54)44-42-40-38-36-34-32-19-17-15-13-11-9-7-2/h42,44,49-50,54H,6-41,43,45-48H2,1-5H3,(H-,52,55,56,57)/b44-42+. The highest BCUT2D eigenvalue weighted by atomic mass is 31.2. The maximum Gasteiger partial charge on any atom is 0.268 e. The van der Waals surface area contributed by atoms with Crippen molar-refractivity contribution in [2.75, 3.05) is 40.9 Å². The highest BCUT2D eigenvalue weighted by Crippen LogP contribution is 2.38. The van der Waals surface area contributed by atoms with Crippen LogP contribution < -0.4 is 10.2 Å². The summed E-state index contributed by atoms with van der Waals surface area (Å²) in [4.78, 5) is 25.4. The molecule has 0 aliphatic heterocycles. The lowest BCUT2D eigenvalue weighted by molar-refractivity contribution is -0.870. The van der Waals surface area contributed by atoms with Gasteiger partial charge in [0.15, 0.2) is 0 Å². The van der Waals surface area contributed by atoms with Crippen LogP contribution in [0.25, 0.3) is 0 Å². The number of aliphatic hydroxyl groups excluding tert-OH is 1. The van der Waals surface area contributed by atoms with Crippen LogP contribution in [-0.2, 0) is 18.4 Å². The molecular weight excluding hydrogens is 768 g/mol. The molecule has 0 fully saturated rings. The molecule has 2 N–H and O–H groups in total. The second-order valence-electron chi connectivity index (χ2n) is 19.2. The fourth-order valence-corrected chi connectivity index (χ4v) is 8.58. The second-order valence-corrected chi connectivity index (χ2v) is 20.7. The molecule has 3 unspecified atom stereocenters. The average Bonchev–Trinajstić information content (AvgIpc) is 3.20. The number of quaternary nitrogens is 1. The minimum absolute atomic E-state index is 0.00229. The van der Waals surface area contributed by atoms with Gasteiger partial charge in [-0.1, -0.05) is 244 Å². The third kappa shape index (κ3) is 45.3. The molecule has 0 heterocycles. The number of nitrogens with zero attached hydrogens (tertiary/aromatic N) is 1. The zero-order chi connectivity index (χ0) is 44.3. The van der Waals surface area contributed by atoms with Crippen molar-refractivity contribution >= 4 is 13.7 Å². The van der Waals surface area contributed by atoms with E-state index >= 15 is 0 Å². The van der Waals surface area contributed by atoms with Gasteiger partial charge in [-0.3, -0.25) is 9.36 Å². The average molecular weight is 871 g/mol. The molecule has 0 aliphatic rings. The molecule has 0 aromatic heterocycles. The van der Waals surface area contributed by atoms with E-state index in [1.165, 1.54) is 199 Å². The number of phosphoric ester groups is 1. The van der Waals surface area contributed by atoms with Gasteiger partial charge in [-0.2, -0.15) is 0 Å². The number of aliphatic hydroxyl groups is 1. The van der Waals surface area contributed by atoms with Gasteiger partial charge in [0.05, 0.1) is 39.9 Å². The predicted molar refractivity (Wildman–Crippen MR) is 256 cm³/mol. The summed E-state index contributed by atoms with van der Waals surface area (Å²) in [5.74, 6) is -0.192. The lowest BCUT2D eigenvalue weighted by Gasteiger charge is -2.29. The fraction of sp³-hybridized carbons (Fsp3) is 0.941. The number of hydrogen-bond donors (Lipinski definition) is 2.